The quantitative estimate of drug-likeness (QED) is 0.546. The molecule has 3 aromatic carbocycles. The summed E-state index contributed by atoms with van der Waals surface area (Å²) in [4.78, 5) is 25.4. The molecule has 5 nitrogen and oxygen atoms in total. The fraction of sp³-hybridized carbons (Fsp3) is 0.0500. The number of hydrogen-bond donors (Lipinski definition) is 0. The summed E-state index contributed by atoms with van der Waals surface area (Å²) < 4.78 is 5.11. The van der Waals surface area contributed by atoms with Gasteiger partial charge in [-0.1, -0.05) is 24.3 Å². The molecule has 0 N–H and O–H groups in total. The molecule has 1 aliphatic heterocycles. The highest BCUT2D eigenvalue weighted by atomic mass is 16.5. The predicted octanol–water partition coefficient (Wildman–Crippen LogP) is 3.48. The Kier molecular flexibility index (Phi) is 3.54. The Hall–Kier alpha value is -3.47. The van der Waals surface area contributed by atoms with E-state index < -0.39 is 11.8 Å². The second kappa shape index (κ2) is 5.87. The van der Waals surface area contributed by atoms with Crippen LogP contribution in [0.4, 0.5) is 0 Å². The number of nitrogens with zero attached hydrogens (tertiary/aromatic N) is 2. The van der Waals surface area contributed by atoms with E-state index in [9.17, 15) is 9.59 Å². The maximum atomic E-state index is 12.7. The van der Waals surface area contributed by atoms with Crippen molar-refractivity contribution in [1.82, 2.24) is 5.01 Å². The fourth-order valence-electron chi connectivity index (χ4n) is 2.94. The topological polar surface area (TPSA) is 59.0 Å². The molecule has 3 aromatic rings. The number of amides is 2. The van der Waals surface area contributed by atoms with Gasteiger partial charge in [-0.2, -0.15) is 10.1 Å². The lowest BCUT2D eigenvalue weighted by atomic mass is 9.95. The minimum Gasteiger partial charge on any atom is -0.497 e. The summed E-state index contributed by atoms with van der Waals surface area (Å²) in [6.07, 6.45) is 1.49. The van der Waals surface area contributed by atoms with E-state index in [0.29, 0.717) is 16.5 Å². The summed E-state index contributed by atoms with van der Waals surface area (Å²) in [5.41, 5.74) is 1.73. The molecule has 0 bridgehead atoms. The van der Waals surface area contributed by atoms with Crippen LogP contribution in [0.1, 0.15) is 26.3 Å². The van der Waals surface area contributed by atoms with Crippen molar-refractivity contribution in [3.63, 3.8) is 0 Å². The molecule has 2 amide bonds. The van der Waals surface area contributed by atoms with Crippen molar-refractivity contribution in [1.29, 1.82) is 0 Å². The zero-order valence-corrected chi connectivity index (χ0v) is 13.5. The van der Waals surface area contributed by atoms with Gasteiger partial charge in [-0.15, -0.1) is 0 Å². The molecule has 5 heteroatoms. The van der Waals surface area contributed by atoms with Crippen molar-refractivity contribution in [3.05, 3.63) is 77.4 Å². The van der Waals surface area contributed by atoms with E-state index in [-0.39, 0.29) is 0 Å². The van der Waals surface area contributed by atoms with Gasteiger partial charge in [0.15, 0.2) is 0 Å². The van der Waals surface area contributed by atoms with E-state index in [1.807, 2.05) is 12.1 Å². The fourth-order valence-corrected chi connectivity index (χ4v) is 2.94. The molecule has 0 spiro atoms. The van der Waals surface area contributed by atoms with E-state index in [0.717, 1.165) is 21.7 Å². The van der Waals surface area contributed by atoms with Crippen LogP contribution in [0.25, 0.3) is 10.8 Å². The number of hydrogen-bond acceptors (Lipinski definition) is 4. The summed E-state index contributed by atoms with van der Waals surface area (Å²) in [6.45, 7) is 0. The average Bonchev–Trinajstić information content (AvgIpc) is 2.66. The van der Waals surface area contributed by atoms with Gasteiger partial charge in [0.2, 0.25) is 0 Å². The zero-order chi connectivity index (χ0) is 17.4. The van der Waals surface area contributed by atoms with Crippen LogP contribution in [0.3, 0.4) is 0 Å². The minimum absolute atomic E-state index is 0.418. The molecule has 0 radical (unpaired) electrons. The third-order valence-electron chi connectivity index (χ3n) is 4.19. The number of rotatable bonds is 3. The van der Waals surface area contributed by atoms with Gasteiger partial charge in [0.25, 0.3) is 11.8 Å². The summed E-state index contributed by atoms with van der Waals surface area (Å²) in [5.74, 6) is -0.110. The van der Waals surface area contributed by atoms with E-state index in [1.54, 1.807) is 55.6 Å². The molecular formula is C20H14N2O3. The van der Waals surface area contributed by atoms with Gasteiger partial charge >= 0.3 is 0 Å². The lowest BCUT2D eigenvalue weighted by Crippen LogP contribution is -2.36. The summed E-state index contributed by atoms with van der Waals surface area (Å²) in [5, 5.41) is 6.60. The van der Waals surface area contributed by atoms with E-state index in [4.69, 9.17) is 4.74 Å². The van der Waals surface area contributed by atoms with Crippen LogP contribution in [0.2, 0.25) is 0 Å². The van der Waals surface area contributed by atoms with Crippen LogP contribution in [0.15, 0.2) is 65.8 Å². The number of imide groups is 1. The number of ether oxygens (including phenoxy) is 1. The molecule has 0 aromatic heterocycles. The number of benzene rings is 3. The Morgan fingerprint density at radius 2 is 1.48 bits per heavy atom. The highest BCUT2D eigenvalue weighted by molar-refractivity contribution is 6.25. The first kappa shape index (κ1) is 15.1. The van der Waals surface area contributed by atoms with Crippen molar-refractivity contribution >= 4 is 28.8 Å². The second-order valence-electron chi connectivity index (χ2n) is 5.65. The monoisotopic (exact) mass is 330 g/mol. The molecule has 0 unspecified atom stereocenters. The van der Waals surface area contributed by atoms with Crippen LogP contribution in [-0.2, 0) is 0 Å². The molecule has 122 valence electrons. The van der Waals surface area contributed by atoms with Gasteiger partial charge in [-0.3, -0.25) is 9.59 Å². The minimum atomic E-state index is -0.418. The van der Waals surface area contributed by atoms with Crippen LogP contribution < -0.4 is 4.74 Å². The molecule has 4 rings (SSSR count). The largest absolute Gasteiger partial charge is 0.497 e. The lowest BCUT2D eigenvalue weighted by Gasteiger charge is -2.22. The number of methoxy groups -OCH3 is 1. The molecule has 0 fully saturated rings. The summed E-state index contributed by atoms with van der Waals surface area (Å²) in [7, 11) is 1.59. The smallest absolute Gasteiger partial charge is 0.282 e. The van der Waals surface area contributed by atoms with Crippen molar-refractivity contribution in [2.45, 2.75) is 0 Å². The second-order valence-corrected chi connectivity index (χ2v) is 5.65. The highest BCUT2D eigenvalue weighted by Gasteiger charge is 2.32. The van der Waals surface area contributed by atoms with Crippen LogP contribution in [0.5, 0.6) is 5.75 Å². The Labute approximate surface area is 144 Å². The van der Waals surface area contributed by atoms with Gasteiger partial charge in [0, 0.05) is 5.39 Å². The molecule has 0 saturated heterocycles. The maximum Gasteiger partial charge on any atom is 0.282 e. The highest BCUT2D eigenvalue weighted by Crippen LogP contribution is 2.30. The Morgan fingerprint density at radius 1 is 0.880 bits per heavy atom. The van der Waals surface area contributed by atoms with Crippen LogP contribution >= 0.6 is 0 Å². The van der Waals surface area contributed by atoms with E-state index in [1.165, 1.54) is 6.21 Å². The molecule has 1 heterocycles. The van der Waals surface area contributed by atoms with Gasteiger partial charge in [-0.25, -0.2) is 0 Å². The van der Waals surface area contributed by atoms with Crippen LogP contribution in [-0.4, -0.2) is 30.1 Å². The molecule has 1 aliphatic rings. The van der Waals surface area contributed by atoms with Crippen LogP contribution in [0, 0.1) is 0 Å². The van der Waals surface area contributed by atoms with Gasteiger partial charge < -0.3 is 4.74 Å². The first-order chi connectivity index (χ1) is 12.2. The van der Waals surface area contributed by atoms with Crippen molar-refractivity contribution in [3.8, 4) is 5.75 Å². The normalized spacial score (nSPS) is 13.7. The summed E-state index contributed by atoms with van der Waals surface area (Å²) >= 11 is 0. The number of carbonyl (C=O) groups excluding carboxylic acids is 2. The molecule has 0 saturated carbocycles. The standard InChI is InChI=1S/C20H14N2O3/c1-25-15-10-8-13(9-11-15)12-21-22-19(23)16-6-2-4-14-5-3-7-17(18(14)16)20(22)24/h2-12H,1H3. The molecule has 0 aliphatic carbocycles. The van der Waals surface area contributed by atoms with E-state index in [2.05, 4.69) is 5.10 Å². The summed E-state index contributed by atoms with van der Waals surface area (Å²) in [6, 6.07) is 18.0. The Bertz CT molecular complexity index is 972. The first-order valence-electron chi connectivity index (χ1n) is 7.77. The third-order valence-corrected chi connectivity index (χ3v) is 4.19. The Morgan fingerprint density at radius 3 is 2.04 bits per heavy atom. The number of hydrazone groups is 1. The molecule has 25 heavy (non-hydrogen) atoms. The van der Waals surface area contributed by atoms with Crippen molar-refractivity contribution < 1.29 is 14.3 Å². The van der Waals surface area contributed by atoms with Crippen molar-refractivity contribution in [2.75, 3.05) is 7.11 Å². The zero-order valence-electron chi connectivity index (χ0n) is 13.5. The average molecular weight is 330 g/mol. The lowest BCUT2D eigenvalue weighted by molar-refractivity contribution is 0.0616. The van der Waals surface area contributed by atoms with Gasteiger partial charge in [0.1, 0.15) is 5.75 Å². The number of carbonyl (C=O) groups is 2. The van der Waals surface area contributed by atoms with Crippen molar-refractivity contribution in [2.24, 2.45) is 5.10 Å². The van der Waals surface area contributed by atoms with E-state index >= 15 is 0 Å². The van der Waals surface area contributed by atoms with Gasteiger partial charge in [-0.05, 0) is 47.3 Å². The first-order valence-corrected chi connectivity index (χ1v) is 7.77. The molecular weight excluding hydrogens is 316 g/mol. The SMILES string of the molecule is COc1ccc(C=NN2C(=O)c3cccc4cccc(c34)C2=O)cc1. The third kappa shape index (κ3) is 2.46. The van der Waals surface area contributed by atoms with Gasteiger partial charge in [0.05, 0.1) is 24.5 Å². The molecule has 0 atom stereocenters. The predicted molar refractivity (Wildman–Crippen MR) is 95.0 cm³/mol. The Balaban J connectivity index is 1.73. The maximum absolute atomic E-state index is 12.7.